The summed E-state index contributed by atoms with van der Waals surface area (Å²) in [7, 11) is 0. The zero-order chi connectivity index (χ0) is 19.2. The van der Waals surface area contributed by atoms with E-state index in [4.69, 9.17) is 23.2 Å². The second-order valence-electron chi connectivity index (χ2n) is 6.60. The van der Waals surface area contributed by atoms with E-state index < -0.39 is 5.60 Å². The largest absolute Gasteiger partial charge is 0.385 e. The zero-order valence-electron chi connectivity index (χ0n) is 15.6. The lowest BCUT2D eigenvalue weighted by Gasteiger charge is -2.27. The van der Waals surface area contributed by atoms with Gasteiger partial charge < -0.3 is 10.0 Å². The molecule has 0 aliphatic rings. The van der Waals surface area contributed by atoms with Crippen LogP contribution in [0.15, 0.2) is 47.4 Å². The molecule has 0 fully saturated rings. The number of rotatable bonds is 9. The van der Waals surface area contributed by atoms with Gasteiger partial charge in [-0.1, -0.05) is 55.2 Å². The van der Waals surface area contributed by atoms with E-state index in [0.29, 0.717) is 10.0 Å². The van der Waals surface area contributed by atoms with Crippen molar-refractivity contribution >= 4 is 35.0 Å². The highest BCUT2D eigenvalue weighted by Crippen LogP contribution is 2.31. The zero-order valence-corrected chi connectivity index (χ0v) is 18.0. The highest BCUT2D eigenvalue weighted by atomic mass is 35.5. The Morgan fingerprint density at radius 1 is 1.04 bits per heavy atom. The summed E-state index contributed by atoms with van der Waals surface area (Å²) in [4.78, 5) is 3.48. The topological polar surface area (TPSA) is 23.5 Å². The highest BCUT2D eigenvalue weighted by Gasteiger charge is 2.23. The van der Waals surface area contributed by atoms with Gasteiger partial charge in [-0.05, 0) is 61.8 Å². The van der Waals surface area contributed by atoms with Crippen LogP contribution in [-0.4, -0.2) is 29.6 Å². The van der Waals surface area contributed by atoms with Gasteiger partial charge in [-0.2, -0.15) is 0 Å². The Balaban J connectivity index is 1.96. The summed E-state index contributed by atoms with van der Waals surface area (Å²) >= 11 is 13.9. The molecule has 26 heavy (non-hydrogen) atoms. The van der Waals surface area contributed by atoms with Crippen molar-refractivity contribution in [3.63, 3.8) is 0 Å². The van der Waals surface area contributed by atoms with E-state index >= 15 is 0 Å². The lowest BCUT2D eigenvalue weighted by molar-refractivity contribution is 0.0369. The molecule has 0 aliphatic heterocycles. The number of thioether (sulfide) groups is 1. The van der Waals surface area contributed by atoms with Crippen LogP contribution in [0.3, 0.4) is 0 Å². The van der Waals surface area contributed by atoms with Crippen LogP contribution in [0, 0.1) is 0 Å². The van der Waals surface area contributed by atoms with Crippen LogP contribution in [0.2, 0.25) is 10.0 Å². The van der Waals surface area contributed by atoms with Gasteiger partial charge in [0, 0.05) is 27.2 Å². The smallest absolute Gasteiger partial charge is 0.0880 e. The predicted octanol–water partition coefficient (Wildman–Crippen LogP) is 6.23. The average molecular weight is 412 g/mol. The van der Waals surface area contributed by atoms with Crippen molar-refractivity contribution in [2.24, 2.45) is 0 Å². The summed E-state index contributed by atoms with van der Waals surface area (Å²) in [5, 5.41) is 12.2. The molecule has 0 saturated heterocycles. The fraction of sp³-hybridized carbons (Fsp3) is 0.429. The molecule has 2 rings (SSSR count). The molecular weight excluding hydrogens is 385 g/mol. The molecule has 142 valence electrons. The summed E-state index contributed by atoms with van der Waals surface area (Å²) < 4.78 is 0. The summed E-state index contributed by atoms with van der Waals surface area (Å²) in [6.45, 7) is 9.11. The maximum Gasteiger partial charge on any atom is 0.0880 e. The molecule has 1 unspecified atom stereocenters. The summed E-state index contributed by atoms with van der Waals surface area (Å²) in [6.07, 6.45) is 0.724. The Morgan fingerprint density at radius 2 is 1.69 bits per heavy atom. The Labute approximate surface area is 171 Å². The number of aliphatic hydroxyl groups is 1. The number of hydrogen-bond acceptors (Lipinski definition) is 3. The first-order valence-electron chi connectivity index (χ1n) is 8.97. The monoisotopic (exact) mass is 411 g/mol. The van der Waals surface area contributed by atoms with Crippen LogP contribution >= 0.6 is 35.0 Å². The van der Waals surface area contributed by atoms with Gasteiger partial charge in [0.15, 0.2) is 0 Å². The molecular formula is C21H27Cl2NOS. The van der Waals surface area contributed by atoms with Crippen molar-refractivity contribution in [3.8, 4) is 0 Å². The van der Waals surface area contributed by atoms with Crippen LogP contribution in [0.25, 0.3) is 0 Å². The van der Waals surface area contributed by atoms with Gasteiger partial charge in [0.1, 0.15) is 0 Å². The van der Waals surface area contributed by atoms with Crippen molar-refractivity contribution in [2.45, 2.75) is 43.4 Å². The first-order chi connectivity index (χ1) is 12.4. The molecule has 0 saturated carbocycles. The van der Waals surface area contributed by atoms with Gasteiger partial charge in [-0.15, -0.1) is 11.8 Å². The first-order valence-corrected chi connectivity index (χ1v) is 10.7. The minimum Gasteiger partial charge on any atom is -0.385 e. The van der Waals surface area contributed by atoms with Crippen molar-refractivity contribution < 1.29 is 5.11 Å². The molecule has 1 N–H and O–H groups in total. The summed E-state index contributed by atoms with van der Waals surface area (Å²) in [6, 6.07) is 13.8. The van der Waals surface area contributed by atoms with E-state index in [1.165, 1.54) is 0 Å². The summed E-state index contributed by atoms with van der Waals surface area (Å²) in [5.41, 5.74) is 1.21. The molecule has 2 aromatic carbocycles. The van der Waals surface area contributed by atoms with Crippen LogP contribution in [0.4, 0.5) is 0 Å². The minimum absolute atomic E-state index is 0.653. The van der Waals surface area contributed by atoms with E-state index in [1.807, 2.05) is 31.2 Å². The Hall–Kier alpha value is -0.710. The average Bonchev–Trinajstić information content (AvgIpc) is 2.62. The number of halogens is 2. The third-order valence-electron chi connectivity index (χ3n) is 4.69. The molecule has 0 spiro atoms. The molecule has 0 amide bonds. The normalized spacial score (nSPS) is 13.8. The predicted molar refractivity (Wildman–Crippen MR) is 114 cm³/mol. The van der Waals surface area contributed by atoms with Crippen LogP contribution in [0.1, 0.15) is 38.3 Å². The number of nitrogens with zero attached hydrogens (tertiary/aromatic N) is 1. The molecule has 0 aromatic heterocycles. The molecule has 0 heterocycles. The summed E-state index contributed by atoms with van der Waals surface area (Å²) in [5.74, 6) is 0.785. The SMILES string of the molecule is CCN(CC)CCC(C)(O)c1ccc(SCc2ccc(Cl)cc2Cl)cc1. The maximum absolute atomic E-state index is 10.8. The lowest BCUT2D eigenvalue weighted by atomic mass is 9.92. The van der Waals surface area contributed by atoms with Crippen molar-refractivity contribution in [2.75, 3.05) is 19.6 Å². The van der Waals surface area contributed by atoms with Gasteiger partial charge in [0.25, 0.3) is 0 Å². The van der Waals surface area contributed by atoms with Crippen molar-refractivity contribution in [1.29, 1.82) is 0 Å². The van der Waals surface area contributed by atoms with E-state index in [2.05, 4.69) is 30.9 Å². The molecule has 0 aliphatic carbocycles. The van der Waals surface area contributed by atoms with Gasteiger partial charge in [0.05, 0.1) is 5.60 Å². The molecule has 2 aromatic rings. The molecule has 1 atom stereocenters. The maximum atomic E-state index is 10.8. The van der Waals surface area contributed by atoms with Crippen LogP contribution in [-0.2, 0) is 11.4 Å². The van der Waals surface area contributed by atoms with E-state index in [9.17, 15) is 5.11 Å². The van der Waals surface area contributed by atoms with Gasteiger partial charge >= 0.3 is 0 Å². The second-order valence-corrected chi connectivity index (χ2v) is 8.49. The van der Waals surface area contributed by atoms with Crippen molar-refractivity contribution in [1.82, 2.24) is 4.90 Å². The van der Waals surface area contributed by atoms with Gasteiger partial charge in [0.2, 0.25) is 0 Å². The first kappa shape index (κ1) is 21.6. The lowest BCUT2D eigenvalue weighted by Crippen LogP contribution is -2.31. The molecule has 2 nitrogen and oxygen atoms in total. The van der Waals surface area contributed by atoms with Crippen LogP contribution in [0.5, 0.6) is 0 Å². The third kappa shape index (κ3) is 6.17. The fourth-order valence-corrected chi connectivity index (χ4v) is 4.23. The molecule has 0 radical (unpaired) electrons. The quantitative estimate of drug-likeness (QED) is 0.494. The van der Waals surface area contributed by atoms with Gasteiger partial charge in [-0.25, -0.2) is 0 Å². The van der Waals surface area contributed by atoms with Gasteiger partial charge in [-0.3, -0.25) is 0 Å². The molecule has 5 heteroatoms. The Kier molecular flexibility index (Phi) is 8.31. The van der Waals surface area contributed by atoms with E-state index in [-0.39, 0.29) is 0 Å². The highest BCUT2D eigenvalue weighted by molar-refractivity contribution is 7.98. The van der Waals surface area contributed by atoms with E-state index in [0.717, 1.165) is 47.8 Å². The fourth-order valence-electron chi connectivity index (χ4n) is 2.77. The Bertz CT molecular complexity index is 700. The van der Waals surface area contributed by atoms with Crippen molar-refractivity contribution in [3.05, 3.63) is 63.6 Å². The second kappa shape index (κ2) is 10.0. The Morgan fingerprint density at radius 3 is 2.27 bits per heavy atom. The standard InChI is InChI=1S/C21H27Cl2NOS/c1-4-24(5-2)13-12-21(3,25)17-7-10-19(11-8-17)26-15-16-6-9-18(22)14-20(16)23/h6-11,14,25H,4-5,12-13,15H2,1-3H3. The number of benzene rings is 2. The van der Waals surface area contributed by atoms with E-state index in [1.54, 1.807) is 17.8 Å². The minimum atomic E-state index is -0.814. The number of hydrogen-bond donors (Lipinski definition) is 1. The van der Waals surface area contributed by atoms with Crippen LogP contribution < -0.4 is 0 Å². The third-order valence-corrected chi connectivity index (χ3v) is 6.34. The molecule has 0 bridgehead atoms.